The zero-order chi connectivity index (χ0) is 17.1. The minimum absolute atomic E-state index is 0.147. The maximum absolute atomic E-state index is 12.5. The number of aryl methyl sites for hydroxylation is 1. The highest BCUT2D eigenvalue weighted by Crippen LogP contribution is 2.25. The lowest BCUT2D eigenvalue weighted by Crippen LogP contribution is -2.12. The van der Waals surface area contributed by atoms with Crippen molar-refractivity contribution in [3.8, 4) is 0 Å². The molecule has 0 unspecified atom stereocenters. The van der Waals surface area contributed by atoms with Crippen LogP contribution >= 0.6 is 0 Å². The van der Waals surface area contributed by atoms with Crippen LogP contribution in [0.4, 0.5) is 11.4 Å². The largest absolute Gasteiger partial charge is 0.326 e. The molecule has 5 heteroatoms. The van der Waals surface area contributed by atoms with Crippen LogP contribution in [-0.4, -0.2) is 16.8 Å². The van der Waals surface area contributed by atoms with Gasteiger partial charge in [0.05, 0.1) is 11.2 Å². The van der Waals surface area contributed by atoms with E-state index in [0.29, 0.717) is 11.3 Å². The van der Waals surface area contributed by atoms with Crippen LogP contribution in [0.5, 0.6) is 0 Å². The van der Waals surface area contributed by atoms with Crippen LogP contribution in [0.1, 0.15) is 22.8 Å². The molecule has 0 spiro atoms. The molecule has 1 aromatic heterocycles. The zero-order valence-electron chi connectivity index (χ0n) is 13.5. The number of aromatic nitrogens is 1. The fourth-order valence-electron chi connectivity index (χ4n) is 2.53. The van der Waals surface area contributed by atoms with Gasteiger partial charge >= 0.3 is 0 Å². The van der Waals surface area contributed by atoms with Crippen molar-refractivity contribution in [1.29, 1.82) is 0 Å². The molecule has 0 aliphatic rings. The first kappa shape index (κ1) is 15.7. The summed E-state index contributed by atoms with van der Waals surface area (Å²) in [6, 6.07) is 14.3. The Labute approximate surface area is 139 Å². The van der Waals surface area contributed by atoms with E-state index in [9.17, 15) is 9.59 Å². The molecule has 0 fully saturated rings. The van der Waals surface area contributed by atoms with Gasteiger partial charge in [-0.1, -0.05) is 6.07 Å². The molecule has 1 heterocycles. The normalized spacial score (nSPS) is 10.4. The lowest BCUT2D eigenvalue weighted by Gasteiger charge is -2.10. The molecule has 2 N–H and O–H groups in total. The molecule has 0 saturated carbocycles. The van der Waals surface area contributed by atoms with Gasteiger partial charge in [0.15, 0.2) is 0 Å². The van der Waals surface area contributed by atoms with Gasteiger partial charge in [0.2, 0.25) is 5.91 Å². The number of anilines is 2. The Kier molecular flexibility index (Phi) is 4.24. The zero-order valence-corrected chi connectivity index (χ0v) is 13.5. The van der Waals surface area contributed by atoms with Crippen molar-refractivity contribution >= 4 is 34.1 Å². The smallest absolute Gasteiger partial charge is 0.255 e. The standard InChI is InChI=1S/C19H17N3O2/c1-12-5-10-17(16-4-3-11-20-18(12)16)22-19(24)14-6-8-15(9-7-14)21-13(2)23/h3-11H,1-2H3,(H,21,23)(H,22,24). The van der Waals surface area contributed by atoms with Gasteiger partial charge in [-0.15, -0.1) is 0 Å². The van der Waals surface area contributed by atoms with E-state index in [1.165, 1.54) is 6.92 Å². The van der Waals surface area contributed by atoms with Gasteiger partial charge in [-0.05, 0) is 55.0 Å². The minimum atomic E-state index is -0.210. The van der Waals surface area contributed by atoms with Crippen molar-refractivity contribution in [1.82, 2.24) is 4.98 Å². The quantitative estimate of drug-likeness (QED) is 0.772. The van der Waals surface area contributed by atoms with Crippen molar-refractivity contribution in [3.05, 3.63) is 65.9 Å². The summed E-state index contributed by atoms with van der Waals surface area (Å²) < 4.78 is 0. The van der Waals surface area contributed by atoms with Crippen molar-refractivity contribution in [2.75, 3.05) is 10.6 Å². The Bertz CT molecular complexity index is 918. The second-order valence-corrected chi connectivity index (χ2v) is 5.54. The number of nitrogens with one attached hydrogen (secondary N) is 2. The van der Waals surface area contributed by atoms with Crippen molar-refractivity contribution in [2.45, 2.75) is 13.8 Å². The summed E-state index contributed by atoms with van der Waals surface area (Å²) in [5.41, 5.74) is 3.82. The van der Waals surface area contributed by atoms with Gasteiger partial charge in [0.25, 0.3) is 5.91 Å². The molecule has 2 aromatic carbocycles. The Hall–Kier alpha value is -3.21. The summed E-state index contributed by atoms with van der Waals surface area (Å²) in [6.07, 6.45) is 1.74. The number of pyridine rings is 1. The molecular formula is C19H17N3O2. The van der Waals surface area contributed by atoms with Gasteiger partial charge < -0.3 is 10.6 Å². The van der Waals surface area contributed by atoms with E-state index in [-0.39, 0.29) is 11.8 Å². The SMILES string of the molecule is CC(=O)Nc1ccc(C(=O)Nc2ccc(C)c3ncccc23)cc1. The first-order valence-electron chi connectivity index (χ1n) is 7.58. The summed E-state index contributed by atoms with van der Waals surface area (Å²) in [6.45, 7) is 3.43. The molecule has 3 rings (SSSR count). The average Bonchev–Trinajstić information content (AvgIpc) is 2.58. The number of amides is 2. The van der Waals surface area contributed by atoms with E-state index in [2.05, 4.69) is 15.6 Å². The van der Waals surface area contributed by atoms with Gasteiger partial charge in [0.1, 0.15) is 0 Å². The maximum Gasteiger partial charge on any atom is 0.255 e. The molecule has 0 radical (unpaired) electrons. The number of hydrogen-bond acceptors (Lipinski definition) is 3. The summed E-state index contributed by atoms with van der Waals surface area (Å²) in [7, 11) is 0. The Morgan fingerprint density at radius 2 is 1.71 bits per heavy atom. The molecule has 0 bridgehead atoms. The van der Waals surface area contributed by atoms with E-state index in [1.54, 1.807) is 30.5 Å². The molecule has 3 aromatic rings. The predicted octanol–water partition coefficient (Wildman–Crippen LogP) is 3.75. The van der Waals surface area contributed by atoms with Crippen LogP contribution in [-0.2, 0) is 4.79 Å². The van der Waals surface area contributed by atoms with Crippen LogP contribution in [0, 0.1) is 6.92 Å². The fraction of sp³-hybridized carbons (Fsp3) is 0.105. The highest BCUT2D eigenvalue weighted by molar-refractivity contribution is 6.09. The first-order valence-corrected chi connectivity index (χ1v) is 7.58. The minimum Gasteiger partial charge on any atom is -0.326 e. The molecule has 24 heavy (non-hydrogen) atoms. The Balaban J connectivity index is 1.85. The number of hydrogen-bond donors (Lipinski definition) is 2. The Morgan fingerprint density at radius 1 is 0.958 bits per heavy atom. The molecule has 0 aliphatic carbocycles. The number of benzene rings is 2. The second kappa shape index (κ2) is 6.50. The van der Waals surface area contributed by atoms with Gasteiger partial charge in [-0.3, -0.25) is 14.6 Å². The first-order chi connectivity index (χ1) is 11.5. The molecular weight excluding hydrogens is 302 g/mol. The average molecular weight is 319 g/mol. The third-order valence-corrected chi connectivity index (χ3v) is 3.69. The molecule has 2 amide bonds. The third kappa shape index (κ3) is 3.25. The predicted molar refractivity (Wildman–Crippen MR) is 95.2 cm³/mol. The third-order valence-electron chi connectivity index (χ3n) is 3.69. The van der Waals surface area contributed by atoms with Crippen LogP contribution in [0.15, 0.2) is 54.7 Å². The van der Waals surface area contributed by atoms with E-state index in [1.807, 2.05) is 31.2 Å². The summed E-state index contributed by atoms with van der Waals surface area (Å²) >= 11 is 0. The number of nitrogens with zero attached hydrogens (tertiary/aromatic N) is 1. The highest BCUT2D eigenvalue weighted by atomic mass is 16.2. The van der Waals surface area contributed by atoms with Crippen molar-refractivity contribution < 1.29 is 9.59 Å². The van der Waals surface area contributed by atoms with Gasteiger partial charge in [-0.2, -0.15) is 0 Å². The van der Waals surface area contributed by atoms with E-state index in [4.69, 9.17) is 0 Å². The van der Waals surface area contributed by atoms with E-state index < -0.39 is 0 Å². The highest BCUT2D eigenvalue weighted by Gasteiger charge is 2.10. The molecule has 5 nitrogen and oxygen atoms in total. The topological polar surface area (TPSA) is 71.1 Å². The lowest BCUT2D eigenvalue weighted by atomic mass is 10.1. The lowest BCUT2D eigenvalue weighted by molar-refractivity contribution is -0.114. The summed E-state index contributed by atoms with van der Waals surface area (Å²) in [5.74, 6) is -0.357. The number of fused-ring (bicyclic) bond motifs is 1. The van der Waals surface area contributed by atoms with Crippen LogP contribution in [0.25, 0.3) is 10.9 Å². The molecule has 0 aliphatic heterocycles. The van der Waals surface area contributed by atoms with Crippen molar-refractivity contribution in [2.24, 2.45) is 0 Å². The molecule has 0 atom stereocenters. The number of carbonyl (C=O) groups excluding carboxylic acids is 2. The van der Waals surface area contributed by atoms with Crippen LogP contribution in [0.2, 0.25) is 0 Å². The maximum atomic E-state index is 12.5. The summed E-state index contributed by atoms with van der Waals surface area (Å²) in [5, 5.41) is 6.50. The van der Waals surface area contributed by atoms with Crippen molar-refractivity contribution in [3.63, 3.8) is 0 Å². The van der Waals surface area contributed by atoms with Gasteiger partial charge in [0, 0.05) is 29.8 Å². The van der Waals surface area contributed by atoms with E-state index >= 15 is 0 Å². The monoisotopic (exact) mass is 319 g/mol. The molecule has 0 saturated heterocycles. The van der Waals surface area contributed by atoms with Gasteiger partial charge in [-0.25, -0.2) is 0 Å². The van der Waals surface area contributed by atoms with E-state index in [0.717, 1.165) is 22.2 Å². The molecule has 120 valence electrons. The fourth-order valence-corrected chi connectivity index (χ4v) is 2.53. The van der Waals surface area contributed by atoms with Crippen LogP contribution in [0.3, 0.4) is 0 Å². The number of carbonyl (C=O) groups is 2. The summed E-state index contributed by atoms with van der Waals surface area (Å²) in [4.78, 5) is 27.9. The number of rotatable bonds is 3. The second-order valence-electron chi connectivity index (χ2n) is 5.54. The van der Waals surface area contributed by atoms with Crippen LogP contribution < -0.4 is 10.6 Å². The Morgan fingerprint density at radius 3 is 2.42 bits per heavy atom.